The van der Waals surface area contributed by atoms with E-state index in [4.69, 9.17) is 14.6 Å². The predicted molar refractivity (Wildman–Crippen MR) is 96.5 cm³/mol. The van der Waals surface area contributed by atoms with Crippen molar-refractivity contribution in [2.75, 3.05) is 0 Å². The number of carboxylic acids is 1. The van der Waals surface area contributed by atoms with Crippen LogP contribution in [0.25, 0.3) is 0 Å². The average molecular weight is 388 g/mol. The Morgan fingerprint density at radius 2 is 2.00 bits per heavy atom. The summed E-state index contributed by atoms with van der Waals surface area (Å²) in [5.74, 6) is -4.38. The van der Waals surface area contributed by atoms with Gasteiger partial charge in [-0.2, -0.15) is 8.78 Å². The van der Waals surface area contributed by atoms with Gasteiger partial charge in [0, 0.05) is 12.3 Å². The van der Waals surface area contributed by atoms with E-state index in [0.29, 0.717) is 25.7 Å². The normalized spacial score (nSPS) is 30.5. The van der Waals surface area contributed by atoms with Crippen LogP contribution in [0.5, 0.6) is 0 Å². The van der Waals surface area contributed by atoms with Crippen molar-refractivity contribution in [3.8, 4) is 0 Å². The lowest BCUT2D eigenvalue weighted by Crippen LogP contribution is -2.70. The summed E-state index contributed by atoms with van der Waals surface area (Å²) in [7, 11) is 0. The second-order valence-electron chi connectivity index (χ2n) is 7.27. The van der Waals surface area contributed by atoms with Crippen LogP contribution in [0.1, 0.15) is 58.3 Å². The van der Waals surface area contributed by atoms with Crippen LogP contribution in [0.3, 0.4) is 0 Å². The van der Waals surface area contributed by atoms with Gasteiger partial charge >= 0.3 is 11.9 Å². The minimum atomic E-state index is -2.99. The van der Waals surface area contributed by atoms with E-state index in [2.05, 4.69) is 6.92 Å². The molecule has 0 aromatic heterocycles. The van der Waals surface area contributed by atoms with Gasteiger partial charge < -0.3 is 19.7 Å². The van der Waals surface area contributed by atoms with E-state index < -0.39 is 42.4 Å². The third-order valence-corrected chi connectivity index (χ3v) is 5.02. The van der Waals surface area contributed by atoms with Crippen molar-refractivity contribution >= 4 is 5.97 Å². The number of alkyl halides is 2. The Balaban J connectivity index is 1.88. The number of hydrogen-bond donors (Lipinski definition) is 2. The first kappa shape index (κ1) is 22.0. The molecule has 3 aliphatic heterocycles. The molecular formula is C20H30F2O5. The summed E-state index contributed by atoms with van der Waals surface area (Å²) in [5, 5.41) is 18.6. The van der Waals surface area contributed by atoms with E-state index in [-0.39, 0.29) is 6.42 Å². The SMILES string of the molecule is CCCCC[C@@H](O)/C=C/[C@H]1O[C@H]2O[C@@H]([C@@H]1C/C=C\CCCC(=O)O)C2(F)F. The van der Waals surface area contributed by atoms with Crippen LogP contribution in [-0.4, -0.2) is 46.7 Å². The van der Waals surface area contributed by atoms with Crippen molar-refractivity contribution in [3.63, 3.8) is 0 Å². The lowest BCUT2D eigenvalue weighted by atomic mass is 9.81. The molecule has 3 saturated heterocycles. The first-order chi connectivity index (χ1) is 12.9. The number of allylic oxidation sites excluding steroid dienone is 2. The summed E-state index contributed by atoms with van der Waals surface area (Å²) >= 11 is 0. The van der Waals surface area contributed by atoms with E-state index in [1.807, 2.05) is 6.08 Å². The Morgan fingerprint density at radius 3 is 2.67 bits per heavy atom. The van der Waals surface area contributed by atoms with Gasteiger partial charge in [0.2, 0.25) is 6.29 Å². The first-order valence-corrected chi connectivity index (χ1v) is 9.78. The molecule has 0 aromatic carbocycles. The molecule has 2 N–H and O–H groups in total. The number of aliphatic hydroxyl groups excluding tert-OH is 1. The fourth-order valence-corrected chi connectivity index (χ4v) is 3.43. The summed E-state index contributed by atoms with van der Waals surface area (Å²) in [6, 6.07) is 0. The second-order valence-corrected chi connectivity index (χ2v) is 7.27. The summed E-state index contributed by atoms with van der Waals surface area (Å²) in [6.45, 7) is 2.09. The fraction of sp³-hybridized carbons (Fsp3) is 0.750. The predicted octanol–water partition coefficient (Wildman–Crippen LogP) is 4.06. The standard InChI is InChI=1S/C20H30F2O5/c1-2-3-6-9-14(23)12-13-16-15(10-7-4-5-8-11-17(24)25)18-20(21,22)19(26-16)27-18/h4,7,12-16,18-19,23H,2-3,5-6,8-11H2,1H3,(H,24,25)/b7-4-,13-12+/t14-,15-,16-,18+,19+/m1/s1. The van der Waals surface area contributed by atoms with Crippen LogP contribution >= 0.6 is 0 Å². The Bertz CT molecular complexity index is 534. The van der Waals surface area contributed by atoms with Crippen LogP contribution in [0.2, 0.25) is 0 Å². The summed E-state index contributed by atoms with van der Waals surface area (Å²) in [6.07, 6.45) is 8.28. The number of carbonyl (C=O) groups is 1. The number of aliphatic hydroxyl groups is 1. The summed E-state index contributed by atoms with van der Waals surface area (Å²) in [4.78, 5) is 10.5. The Labute approximate surface area is 159 Å². The van der Waals surface area contributed by atoms with E-state index >= 15 is 0 Å². The maximum Gasteiger partial charge on any atom is 0.323 e. The van der Waals surface area contributed by atoms with Crippen LogP contribution in [0.4, 0.5) is 8.78 Å². The highest BCUT2D eigenvalue weighted by molar-refractivity contribution is 5.66. The number of aliphatic carboxylic acids is 1. The summed E-state index contributed by atoms with van der Waals surface area (Å²) < 4.78 is 38.5. The molecule has 3 fully saturated rings. The van der Waals surface area contributed by atoms with E-state index in [1.165, 1.54) is 0 Å². The first-order valence-electron chi connectivity index (χ1n) is 9.78. The molecule has 3 heterocycles. The molecule has 27 heavy (non-hydrogen) atoms. The summed E-state index contributed by atoms with van der Waals surface area (Å²) in [5.41, 5.74) is 0. The van der Waals surface area contributed by atoms with Crippen molar-refractivity contribution in [3.05, 3.63) is 24.3 Å². The zero-order valence-corrected chi connectivity index (χ0v) is 15.7. The Kier molecular flexibility index (Phi) is 8.38. The zero-order chi connectivity index (χ0) is 19.9. The molecule has 0 saturated carbocycles. The molecule has 0 amide bonds. The molecule has 0 unspecified atom stereocenters. The molecule has 2 bridgehead atoms. The third-order valence-electron chi connectivity index (χ3n) is 5.02. The van der Waals surface area contributed by atoms with Crippen LogP contribution in [0.15, 0.2) is 24.3 Å². The zero-order valence-electron chi connectivity index (χ0n) is 15.7. The van der Waals surface area contributed by atoms with Gasteiger partial charge in [0.15, 0.2) is 0 Å². The number of ether oxygens (including phenoxy) is 2. The van der Waals surface area contributed by atoms with Gasteiger partial charge in [0.1, 0.15) is 6.10 Å². The van der Waals surface area contributed by atoms with Crippen LogP contribution in [0, 0.1) is 5.92 Å². The van der Waals surface area contributed by atoms with Gasteiger partial charge in [-0.3, -0.25) is 4.79 Å². The van der Waals surface area contributed by atoms with Gasteiger partial charge in [-0.1, -0.05) is 50.5 Å². The van der Waals surface area contributed by atoms with E-state index in [0.717, 1.165) is 19.3 Å². The topological polar surface area (TPSA) is 76.0 Å². The maximum absolute atomic E-state index is 14.0. The molecule has 0 aromatic rings. The monoisotopic (exact) mass is 388 g/mol. The maximum atomic E-state index is 14.0. The smallest absolute Gasteiger partial charge is 0.323 e. The van der Waals surface area contributed by atoms with E-state index in [9.17, 15) is 18.7 Å². The average Bonchev–Trinajstić information content (AvgIpc) is 2.62. The fourth-order valence-electron chi connectivity index (χ4n) is 3.43. The van der Waals surface area contributed by atoms with Gasteiger partial charge in [-0.25, -0.2) is 0 Å². The van der Waals surface area contributed by atoms with Gasteiger partial charge in [0.05, 0.1) is 12.2 Å². The number of hydrogen-bond acceptors (Lipinski definition) is 4. The highest BCUT2D eigenvalue weighted by Crippen LogP contribution is 2.50. The third kappa shape index (κ3) is 6.09. The molecule has 5 nitrogen and oxygen atoms in total. The van der Waals surface area contributed by atoms with Crippen molar-refractivity contribution in [1.29, 1.82) is 0 Å². The quantitative estimate of drug-likeness (QED) is 0.389. The van der Waals surface area contributed by atoms with Gasteiger partial charge in [0.25, 0.3) is 0 Å². The Morgan fingerprint density at radius 1 is 1.22 bits per heavy atom. The lowest BCUT2D eigenvalue weighted by Gasteiger charge is -2.54. The minimum absolute atomic E-state index is 0.0870. The molecule has 0 radical (unpaired) electrons. The van der Waals surface area contributed by atoms with E-state index in [1.54, 1.807) is 18.2 Å². The second kappa shape index (κ2) is 10.3. The minimum Gasteiger partial charge on any atom is -0.481 e. The van der Waals surface area contributed by atoms with Gasteiger partial charge in [-0.15, -0.1) is 0 Å². The molecule has 3 aliphatic rings. The van der Waals surface area contributed by atoms with Crippen molar-refractivity contribution in [2.45, 2.75) is 88.8 Å². The molecule has 7 heteroatoms. The lowest BCUT2D eigenvalue weighted by molar-refractivity contribution is -0.451. The number of carboxylic acid groups (broad SMARTS) is 1. The number of halogens is 2. The molecule has 5 atom stereocenters. The number of fused-ring (bicyclic) bond motifs is 2. The van der Waals surface area contributed by atoms with Crippen LogP contribution < -0.4 is 0 Å². The molecule has 154 valence electrons. The Hall–Kier alpha value is -1.31. The van der Waals surface area contributed by atoms with Gasteiger partial charge in [-0.05, 0) is 25.7 Å². The van der Waals surface area contributed by atoms with Crippen molar-refractivity contribution in [1.82, 2.24) is 0 Å². The largest absolute Gasteiger partial charge is 0.481 e. The molecule has 0 aliphatic carbocycles. The van der Waals surface area contributed by atoms with Crippen molar-refractivity contribution in [2.24, 2.45) is 5.92 Å². The van der Waals surface area contributed by atoms with Crippen molar-refractivity contribution < 1.29 is 33.3 Å². The highest BCUT2D eigenvalue weighted by Gasteiger charge is 2.68. The molecule has 0 spiro atoms. The number of rotatable bonds is 12. The van der Waals surface area contributed by atoms with Crippen LogP contribution in [-0.2, 0) is 14.3 Å². The number of unbranched alkanes of at least 4 members (excludes halogenated alkanes) is 3. The molecule has 3 rings (SSSR count). The highest BCUT2D eigenvalue weighted by atomic mass is 19.3. The molecular weight excluding hydrogens is 358 g/mol.